The number of fused-ring (bicyclic) bond motifs is 1. The molecule has 0 aliphatic carbocycles. The monoisotopic (exact) mass is 237 g/mol. The fourth-order valence-corrected chi connectivity index (χ4v) is 2.91. The summed E-state index contributed by atoms with van der Waals surface area (Å²) in [4.78, 5) is 5.57. The molecule has 0 bridgehead atoms. The number of aromatic nitrogens is 2. The Morgan fingerprint density at radius 1 is 1.69 bits per heavy atom. The average Bonchev–Trinajstić information content (AvgIpc) is 2.91. The predicted octanol–water partition coefficient (Wildman–Crippen LogP) is 1.44. The van der Waals surface area contributed by atoms with Gasteiger partial charge in [0.25, 0.3) is 0 Å². The summed E-state index contributed by atoms with van der Waals surface area (Å²) in [5.74, 6) is 0. The molecule has 86 valence electrons. The second-order valence-electron chi connectivity index (χ2n) is 4.24. The van der Waals surface area contributed by atoms with E-state index in [1.165, 1.54) is 0 Å². The first kappa shape index (κ1) is 10.3. The molecule has 0 amide bonds. The highest BCUT2D eigenvalue weighted by molar-refractivity contribution is 7.15. The lowest BCUT2D eigenvalue weighted by molar-refractivity contribution is 0.0898. The van der Waals surface area contributed by atoms with Gasteiger partial charge in [-0.2, -0.15) is 0 Å². The minimum Gasteiger partial charge on any atom is -0.377 e. The van der Waals surface area contributed by atoms with Crippen molar-refractivity contribution >= 4 is 16.3 Å². The maximum absolute atomic E-state index is 6.13. The zero-order valence-corrected chi connectivity index (χ0v) is 9.82. The van der Waals surface area contributed by atoms with Gasteiger partial charge in [0, 0.05) is 36.8 Å². The van der Waals surface area contributed by atoms with Gasteiger partial charge in [-0.25, -0.2) is 4.98 Å². The molecule has 0 spiro atoms. The molecule has 1 saturated heterocycles. The zero-order chi connectivity index (χ0) is 11.0. The maximum atomic E-state index is 6.13. The highest BCUT2D eigenvalue weighted by atomic mass is 32.1. The molecule has 3 heterocycles. The molecule has 5 heteroatoms. The zero-order valence-electron chi connectivity index (χ0n) is 9.00. The van der Waals surface area contributed by atoms with Gasteiger partial charge in [-0.1, -0.05) is 0 Å². The summed E-state index contributed by atoms with van der Waals surface area (Å²) in [5, 5.41) is 2.03. The largest absolute Gasteiger partial charge is 0.377 e. The number of ether oxygens (including phenoxy) is 1. The quantitative estimate of drug-likeness (QED) is 0.879. The van der Waals surface area contributed by atoms with Crippen molar-refractivity contribution in [3.05, 3.63) is 23.5 Å². The number of nitrogens with zero attached hydrogens (tertiary/aromatic N) is 2. The molecule has 1 aliphatic rings. The van der Waals surface area contributed by atoms with Crippen molar-refractivity contribution in [1.29, 1.82) is 0 Å². The molecule has 1 fully saturated rings. The van der Waals surface area contributed by atoms with Crippen LogP contribution in [0.4, 0.5) is 0 Å². The lowest BCUT2D eigenvalue weighted by Crippen LogP contribution is -2.36. The molecule has 2 unspecified atom stereocenters. The van der Waals surface area contributed by atoms with Gasteiger partial charge in [0.05, 0.1) is 11.8 Å². The van der Waals surface area contributed by atoms with Gasteiger partial charge in [-0.05, 0) is 12.8 Å². The molecule has 2 N–H and O–H groups in total. The van der Waals surface area contributed by atoms with Crippen LogP contribution in [0.2, 0.25) is 0 Å². The molecule has 0 saturated carbocycles. The molecule has 16 heavy (non-hydrogen) atoms. The number of hydrogen-bond acceptors (Lipinski definition) is 4. The summed E-state index contributed by atoms with van der Waals surface area (Å²) >= 11 is 1.65. The van der Waals surface area contributed by atoms with Crippen LogP contribution in [0.25, 0.3) is 4.96 Å². The Morgan fingerprint density at radius 3 is 3.38 bits per heavy atom. The van der Waals surface area contributed by atoms with Gasteiger partial charge in [0.2, 0.25) is 0 Å². The van der Waals surface area contributed by atoms with Gasteiger partial charge in [-0.3, -0.25) is 4.40 Å². The molecule has 2 aromatic rings. The van der Waals surface area contributed by atoms with Crippen molar-refractivity contribution in [1.82, 2.24) is 9.38 Å². The van der Waals surface area contributed by atoms with E-state index in [2.05, 4.69) is 11.2 Å². The minimum absolute atomic E-state index is 0.0760. The van der Waals surface area contributed by atoms with E-state index in [9.17, 15) is 0 Å². The van der Waals surface area contributed by atoms with Gasteiger partial charge in [0.15, 0.2) is 4.96 Å². The Bertz CT molecular complexity index is 444. The third kappa shape index (κ3) is 1.86. The number of rotatable bonds is 3. The van der Waals surface area contributed by atoms with Crippen molar-refractivity contribution in [3.63, 3.8) is 0 Å². The standard InChI is InChI=1S/C11H15N3OS/c12-9(10-2-1-4-15-10)6-8-7-14-3-5-16-11(14)13-8/h3,5,7,9-10H,1-2,4,6,12H2. The summed E-state index contributed by atoms with van der Waals surface area (Å²) < 4.78 is 7.63. The number of imidazole rings is 1. The van der Waals surface area contributed by atoms with E-state index in [0.717, 1.165) is 36.5 Å². The summed E-state index contributed by atoms with van der Waals surface area (Å²) in [7, 11) is 0. The van der Waals surface area contributed by atoms with E-state index in [4.69, 9.17) is 10.5 Å². The van der Waals surface area contributed by atoms with Crippen molar-refractivity contribution in [2.24, 2.45) is 5.73 Å². The van der Waals surface area contributed by atoms with Crippen LogP contribution in [0.5, 0.6) is 0 Å². The third-order valence-electron chi connectivity index (χ3n) is 3.03. The lowest BCUT2D eigenvalue weighted by Gasteiger charge is -2.16. The molecule has 1 aliphatic heterocycles. The summed E-state index contributed by atoms with van der Waals surface area (Å²) in [6.45, 7) is 0.858. The van der Waals surface area contributed by atoms with Crippen LogP contribution in [-0.4, -0.2) is 28.1 Å². The molecule has 2 atom stereocenters. The SMILES string of the molecule is NC(Cc1cn2ccsc2n1)C1CCCO1. The van der Waals surface area contributed by atoms with Crippen LogP contribution in [-0.2, 0) is 11.2 Å². The van der Waals surface area contributed by atoms with Crippen molar-refractivity contribution in [2.45, 2.75) is 31.4 Å². The second-order valence-corrected chi connectivity index (χ2v) is 5.12. The fraction of sp³-hybridized carbons (Fsp3) is 0.545. The predicted molar refractivity (Wildman–Crippen MR) is 63.7 cm³/mol. The van der Waals surface area contributed by atoms with Crippen molar-refractivity contribution in [3.8, 4) is 0 Å². The van der Waals surface area contributed by atoms with E-state index in [1.54, 1.807) is 11.3 Å². The van der Waals surface area contributed by atoms with Gasteiger partial charge >= 0.3 is 0 Å². The minimum atomic E-state index is 0.0760. The number of nitrogens with two attached hydrogens (primary N) is 1. The molecule has 0 aromatic carbocycles. The van der Waals surface area contributed by atoms with Crippen molar-refractivity contribution < 1.29 is 4.74 Å². The van der Waals surface area contributed by atoms with E-state index < -0.39 is 0 Å². The summed E-state index contributed by atoms with van der Waals surface area (Å²) in [6.07, 6.45) is 7.33. The highest BCUT2D eigenvalue weighted by Gasteiger charge is 2.23. The smallest absolute Gasteiger partial charge is 0.193 e. The van der Waals surface area contributed by atoms with E-state index in [1.807, 2.05) is 16.0 Å². The Morgan fingerprint density at radius 2 is 2.62 bits per heavy atom. The van der Waals surface area contributed by atoms with Crippen LogP contribution in [0.3, 0.4) is 0 Å². The lowest BCUT2D eigenvalue weighted by atomic mass is 10.0. The first-order valence-electron chi connectivity index (χ1n) is 5.61. The summed E-state index contributed by atoms with van der Waals surface area (Å²) in [6, 6.07) is 0.0760. The Kier molecular flexibility index (Phi) is 2.67. The first-order valence-corrected chi connectivity index (χ1v) is 6.49. The molecule has 0 radical (unpaired) electrons. The Labute approximate surface area is 98.0 Å². The normalized spacial score (nSPS) is 22.9. The van der Waals surface area contributed by atoms with Gasteiger partial charge in [-0.15, -0.1) is 11.3 Å². The van der Waals surface area contributed by atoms with Crippen LogP contribution >= 0.6 is 11.3 Å². The molecule has 3 rings (SSSR count). The van der Waals surface area contributed by atoms with Crippen LogP contribution in [0.15, 0.2) is 17.8 Å². The van der Waals surface area contributed by atoms with Crippen LogP contribution in [0, 0.1) is 0 Å². The third-order valence-corrected chi connectivity index (χ3v) is 3.80. The van der Waals surface area contributed by atoms with Gasteiger partial charge < -0.3 is 10.5 Å². The Hall–Kier alpha value is -0.910. The van der Waals surface area contributed by atoms with E-state index >= 15 is 0 Å². The first-order chi connectivity index (χ1) is 7.83. The van der Waals surface area contributed by atoms with Gasteiger partial charge in [0.1, 0.15) is 0 Å². The Balaban J connectivity index is 1.71. The second kappa shape index (κ2) is 4.16. The van der Waals surface area contributed by atoms with Crippen LogP contribution < -0.4 is 5.73 Å². The number of thiazole rings is 1. The van der Waals surface area contributed by atoms with Crippen molar-refractivity contribution in [2.75, 3.05) is 6.61 Å². The molecular formula is C11H15N3OS. The highest BCUT2D eigenvalue weighted by Crippen LogP contribution is 2.18. The summed E-state index contributed by atoms with van der Waals surface area (Å²) in [5.41, 5.74) is 7.20. The molecular weight excluding hydrogens is 222 g/mol. The average molecular weight is 237 g/mol. The molecule has 4 nitrogen and oxygen atoms in total. The molecule has 2 aromatic heterocycles. The maximum Gasteiger partial charge on any atom is 0.193 e. The van der Waals surface area contributed by atoms with E-state index in [0.29, 0.717) is 0 Å². The topological polar surface area (TPSA) is 52.5 Å². The number of hydrogen-bond donors (Lipinski definition) is 1. The van der Waals surface area contributed by atoms with E-state index in [-0.39, 0.29) is 12.1 Å². The van der Waals surface area contributed by atoms with Crippen LogP contribution in [0.1, 0.15) is 18.5 Å². The fourth-order valence-electron chi connectivity index (χ4n) is 2.19.